The Balaban J connectivity index is 2.25. The van der Waals surface area contributed by atoms with Crippen LogP contribution in [0.5, 0.6) is 0 Å². The molecule has 0 unspecified atom stereocenters. The average Bonchev–Trinajstić information content (AvgIpc) is 2.56. The Labute approximate surface area is 92.1 Å². The van der Waals surface area contributed by atoms with E-state index in [-0.39, 0.29) is 5.54 Å². The third-order valence-electron chi connectivity index (χ3n) is 3.12. The highest BCUT2D eigenvalue weighted by Gasteiger charge is 2.31. The van der Waals surface area contributed by atoms with Crippen LogP contribution < -0.4 is 0 Å². The monoisotopic (exact) mass is 207 g/mol. The molecule has 3 nitrogen and oxygen atoms in total. The Bertz CT molecular complexity index is 357. The molecule has 0 atom stereocenters. The van der Waals surface area contributed by atoms with E-state index >= 15 is 0 Å². The summed E-state index contributed by atoms with van der Waals surface area (Å²) in [6.07, 6.45) is 2.03. The molecule has 0 radical (unpaired) electrons. The number of rotatable bonds is 1. The Morgan fingerprint density at radius 1 is 1.27 bits per heavy atom. The minimum absolute atomic E-state index is 0.251. The van der Waals surface area contributed by atoms with Gasteiger partial charge in [0.25, 0.3) is 0 Å². The number of aromatic nitrogens is 2. The molecular formula is C12H21N3. The van der Waals surface area contributed by atoms with Crippen LogP contribution in [-0.2, 0) is 13.1 Å². The SMILES string of the molecule is CC(C)n1ncc2c1CN(C(C)(C)C)C2. The topological polar surface area (TPSA) is 21.1 Å². The zero-order chi connectivity index (χ0) is 11.2. The van der Waals surface area contributed by atoms with Crippen molar-refractivity contribution < 1.29 is 0 Å². The van der Waals surface area contributed by atoms with Crippen molar-refractivity contribution in [2.75, 3.05) is 0 Å². The van der Waals surface area contributed by atoms with Crippen LogP contribution in [0.25, 0.3) is 0 Å². The lowest BCUT2D eigenvalue weighted by molar-refractivity contribution is 0.132. The fourth-order valence-electron chi connectivity index (χ4n) is 2.09. The van der Waals surface area contributed by atoms with Gasteiger partial charge in [0.05, 0.1) is 11.9 Å². The molecule has 1 aromatic heterocycles. The minimum atomic E-state index is 0.251. The Morgan fingerprint density at radius 2 is 1.93 bits per heavy atom. The molecular weight excluding hydrogens is 186 g/mol. The van der Waals surface area contributed by atoms with Crippen molar-refractivity contribution in [3.05, 3.63) is 17.5 Å². The molecule has 1 aliphatic rings. The van der Waals surface area contributed by atoms with E-state index in [2.05, 4.69) is 49.3 Å². The lowest BCUT2D eigenvalue weighted by Gasteiger charge is -2.31. The zero-order valence-corrected chi connectivity index (χ0v) is 10.4. The second-order valence-electron chi connectivity index (χ2n) is 5.68. The number of hydrogen-bond donors (Lipinski definition) is 0. The first-order valence-corrected chi connectivity index (χ1v) is 5.70. The minimum Gasteiger partial charge on any atom is -0.288 e. The fraction of sp³-hybridized carbons (Fsp3) is 0.750. The summed E-state index contributed by atoms with van der Waals surface area (Å²) >= 11 is 0. The van der Waals surface area contributed by atoms with E-state index in [1.54, 1.807) is 0 Å². The Hall–Kier alpha value is -0.830. The van der Waals surface area contributed by atoms with Crippen molar-refractivity contribution in [2.24, 2.45) is 0 Å². The number of nitrogens with zero attached hydrogens (tertiary/aromatic N) is 3. The summed E-state index contributed by atoms with van der Waals surface area (Å²) in [4.78, 5) is 2.50. The van der Waals surface area contributed by atoms with E-state index < -0.39 is 0 Å². The first kappa shape index (κ1) is 10.7. The van der Waals surface area contributed by atoms with E-state index in [4.69, 9.17) is 0 Å². The Morgan fingerprint density at radius 3 is 2.47 bits per heavy atom. The van der Waals surface area contributed by atoms with Gasteiger partial charge in [-0.1, -0.05) is 0 Å². The van der Waals surface area contributed by atoms with Crippen LogP contribution in [0.3, 0.4) is 0 Å². The first-order valence-electron chi connectivity index (χ1n) is 5.70. The van der Waals surface area contributed by atoms with Gasteiger partial charge in [0.1, 0.15) is 0 Å². The van der Waals surface area contributed by atoms with Crippen LogP contribution in [0, 0.1) is 0 Å². The van der Waals surface area contributed by atoms with Gasteiger partial charge in [-0.05, 0) is 34.6 Å². The van der Waals surface area contributed by atoms with Crippen molar-refractivity contribution in [3.8, 4) is 0 Å². The second kappa shape index (κ2) is 3.34. The van der Waals surface area contributed by atoms with Crippen LogP contribution in [0.15, 0.2) is 6.20 Å². The first-order chi connectivity index (χ1) is 6.89. The maximum Gasteiger partial charge on any atom is 0.0572 e. The van der Waals surface area contributed by atoms with E-state index in [1.165, 1.54) is 11.3 Å². The van der Waals surface area contributed by atoms with Crippen LogP contribution in [0.4, 0.5) is 0 Å². The molecule has 84 valence electrons. The molecule has 0 spiro atoms. The molecule has 2 rings (SSSR count). The van der Waals surface area contributed by atoms with Gasteiger partial charge >= 0.3 is 0 Å². The highest BCUT2D eigenvalue weighted by Crippen LogP contribution is 2.29. The van der Waals surface area contributed by atoms with E-state index in [0.717, 1.165) is 13.1 Å². The van der Waals surface area contributed by atoms with Crippen molar-refractivity contribution in [2.45, 2.75) is 59.3 Å². The molecule has 1 aliphatic heterocycles. The molecule has 0 aliphatic carbocycles. The molecule has 0 N–H and O–H groups in total. The van der Waals surface area contributed by atoms with Crippen LogP contribution in [-0.4, -0.2) is 20.2 Å². The van der Waals surface area contributed by atoms with Gasteiger partial charge in [-0.2, -0.15) is 5.10 Å². The molecule has 1 aromatic rings. The molecule has 0 saturated heterocycles. The second-order valence-corrected chi connectivity index (χ2v) is 5.68. The lowest BCUT2D eigenvalue weighted by atomic mass is 10.1. The maximum atomic E-state index is 4.44. The molecule has 0 amide bonds. The summed E-state index contributed by atoms with van der Waals surface area (Å²) in [6, 6.07) is 0.466. The standard InChI is InChI=1S/C12H21N3/c1-9(2)15-11-8-14(12(3,4)5)7-10(11)6-13-15/h6,9H,7-8H2,1-5H3. The fourth-order valence-corrected chi connectivity index (χ4v) is 2.09. The van der Waals surface area contributed by atoms with Crippen molar-refractivity contribution in [1.29, 1.82) is 0 Å². The molecule has 0 bridgehead atoms. The van der Waals surface area contributed by atoms with Gasteiger partial charge < -0.3 is 0 Å². The van der Waals surface area contributed by atoms with E-state index in [9.17, 15) is 0 Å². The van der Waals surface area contributed by atoms with E-state index in [1.807, 2.05) is 6.20 Å². The van der Waals surface area contributed by atoms with Crippen molar-refractivity contribution in [1.82, 2.24) is 14.7 Å². The highest BCUT2D eigenvalue weighted by molar-refractivity contribution is 5.23. The normalized spacial score (nSPS) is 17.5. The summed E-state index contributed by atoms with van der Waals surface area (Å²) in [6.45, 7) is 13.3. The predicted molar refractivity (Wildman–Crippen MR) is 61.6 cm³/mol. The quantitative estimate of drug-likeness (QED) is 0.705. The smallest absolute Gasteiger partial charge is 0.0572 e. The molecule has 2 heterocycles. The van der Waals surface area contributed by atoms with Crippen LogP contribution >= 0.6 is 0 Å². The summed E-state index contributed by atoms with van der Waals surface area (Å²) in [5, 5.41) is 4.44. The summed E-state index contributed by atoms with van der Waals surface area (Å²) in [5.74, 6) is 0. The third-order valence-corrected chi connectivity index (χ3v) is 3.12. The lowest BCUT2D eigenvalue weighted by Crippen LogP contribution is -2.37. The number of hydrogen-bond acceptors (Lipinski definition) is 2. The number of fused-ring (bicyclic) bond motifs is 1. The third kappa shape index (κ3) is 1.81. The largest absolute Gasteiger partial charge is 0.288 e. The average molecular weight is 207 g/mol. The predicted octanol–water partition coefficient (Wildman–Crippen LogP) is 2.58. The van der Waals surface area contributed by atoms with Gasteiger partial charge in [0.2, 0.25) is 0 Å². The van der Waals surface area contributed by atoms with Crippen LogP contribution in [0.1, 0.15) is 51.9 Å². The van der Waals surface area contributed by atoms with Crippen LogP contribution in [0.2, 0.25) is 0 Å². The van der Waals surface area contributed by atoms with Gasteiger partial charge in [0.15, 0.2) is 0 Å². The summed E-state index contributed by atoms with van der Waals surface area (Å²) in [7, 11) is 0. The van der Waals surface area contributed by atoms with Gasteiger partial charge in [-0.15, -0.1) is 0 Å². The van der Waals surface area contributed by atoms with Gasteiger partial charge in [0, 0.05) is 30.2 Å². The molecule has 0 fully saturated rings. The molecule has 0 saturated carbocycles. The molecule has 15 heavy (non-hydrogen) atoms. The van der Waals surface area contributed by atoms with E-state index in [0.29, 0.717) is 6.04 Å². The summed E-state index contributed by atoms with van der Waals surface area (Å²) < 4.78 is 2.15. The highest BCUT2D eigenvalue weighted by atomic mass is 15.3. The van der Waals surface area contributed by atoms with Gasteiger partial charge in [-0.3, -0.25) is 9.58 Å². The molecule has 0 aromatic carbocycles. The maximum absolute atomic E-state index is 4.44. The van der Waals surface area contributed by atoms with Crippen molar-refractivity contribution >= 4 is 0 Å². The Kier molecular flexibility index (Phi) is 2.38. The zero-order valence-electron chi connectivity index (χ0n) is 10.4. The van der Waals surface area contributed by atoms with Crippen molar-refractivity contribution in [3.63, 3.8) is 0 Å². The summed E-state index contributed by atoms with van der Waals surface area (Å²) in [5.41, 5.74) is 3.06. The molecule has 3 heteroatoms. The van der Waals surface area contributed by atoms with Gasteiger partial charge in [-0.25, -0.2) is 0 Å².